The lowest BCUT2D eigenvalue weighted by atomic mass is 9.86. The molecular weight excluding hydrogens is 516 g/mol. The lowest BCUT2D eigenvalue weighted by Gasteiger charge is -2.35. The number of halogens is 2. The average molecular weight is 538 g/mol. The lowest BCUT2D eigenvalue weighted by Crippen LogP contribution is -2.43. The Hall–Kier alpha value is -4.33. The van der Waals surface area contributed by atoms with Gasteiger partial charge in [-0.05, 0) is 30.2 Å². The van der Waals surface area contributed by atoms with Crippen molar-refractivity contribution in [3.63, 3.8) is 0 Å². The van der Waals surface area contributed by atoms with Crippen molar-refractivity contribution in [2.24, 2.45) is 5.10 Å². The molecule has 194 valence electrons. The normalized spacial score (nSPS) is 14.1. The minimum absolute atomic E-state index is 0.194. The Bertz CT molecular complexity index is 1670. The third kappa shape index (κ3) is 4.69. The zero-order valence-electron chi connectivity index (χ0n) is 19.9. The van der Waals surface area contributed by atoms with Gasteiger partial charge in [0.1, 0.15) is 34.6 Å². The van der Waals surface area contributed by atoms with Crippen LogP contribution in [-0.4, -0.2) is 40.8 Å². The third-order valence-corrected chi connectivity index (χ3v) is 7.47. The van der Waals surface area contributed by atoms with Crippen LogP contribution in [0.3, 0.4) is 0 Å². The first-order chi connectivity index (χ1) is 18.3. The predicted molar refractivity (Wildman–Crippen MR) is 137 cm³/mol. The molecule has 10 nitrogen and oxygen atoms in total. The summed E-state index contributed by atoms with van der Waals surface area (Å²) in [6, 6.07) is 10.9. The number of nitrogens with zero attached hydrogens (tertiary/aromatic N) is 6. The van der Waals surface area contributed by atoms with Crippen LogP contribution >= 0.6 is 11.3 Å². The van der Waals surface area contributed by atoms with Crippen LogP contribution in [0, 0.1) is 11.6 Å². The SMILES string of the molecule is CC(n1cnc2cc(-c3ccc(C=NNO)cc3)sc2c1=O)C(O)(Cn1cncn1)c1ccc(F)cc1F. The Balaban J connectivity index is 1.56. The first kappa shape index (κ1) is 25.3. The summed E-state index contributed by atoms with van der Waals surface area (Å²) in [6.07, 6.45) is 5.37. The molecule has 0 radical (unpaired) electrons. The predicted octanol–water partition coefficient (Wildman–Crippen LogP) is 3.46. The second-order valence-corrected chi connectivity index (χ2v) is 9.63. The molecule has 38 heavy (non-hydrogen) atoms. The van der Waals surface area contributed by atoms with Gasteiger partial charge in [-0.25, -0.2) is 23.4 Å². The van der Waals surface area contributed by atoms with Crippen LogP contribution in [0.15, 0.2) is 77.4 Å². The monoisotopic (exact) mass is 537 g/mol. The highest BCUT2D eigenvalue weighted by atomic mass is 32.1. The summed E-state index contributed by atoms with van der Waals surface area (Å²) in [5.74, 6) is -1.75. The highest BCUT2D eigenvalue weighted by Crippen LogP contribution is 2.37. The van der Waals surface area contributed by atoms with Crippen LogP contribution < -0.4 is 11.1 Å². The van der Waals surface area contributed by atoms with Crippen molar-refractivity contribution in [1.82, 2.24) is 29.9 Å². The van der Waals surface area contributed by atoms with Crippen LogP contribution in [0.5, 0.6) is 0 Å². The largest absolute Gasteiger partial charge is 0.381 e. The maximum atomic E-state index is 14.9. The molecule has 0 saturated heterocycles. The molecule has 0 spiro atoms. The van der Waals surface area contributed by atoms with E-state index >= 15 is 0 Å². The number of aromatic nitrogens is 5. The molecule has 5 rings (SSSR count). The van der Waals surface area contributed by atoms with Crippen LogP contribution in [-0.2, 0) is 12.1 Å². The summed E-state index contributed by atoms with van der Waals surface area (Å²) in [5.41, 5.74) is 1.15. The highest BCUT2D eigenvalue weighted by molar-refractivity contribution is 7.22. The van der Waals surface area contributed by atoms with Crippen molar-refractivity contribution < 1.29 is 19.1 Å². The summed E-state index contributed by atoms with van der Waals surface area (Å²) in [6.45, 7) is 1.31. The number of hydrazone groups is 1. The van der Waals surface area contributed by atoms with Crippen LogP contribution in [0.4, 0.5) is 8.78 Å². The number of nitrogens with one attached hydrogen (secondary N) is 1. The van der Waals surface area contributed by atoms with Crippen molar-refractivity contribution in [2.45, 2.75) is 25.1 Å². The Morgan fingerprint density at radius 1 is 1.18 bits per heavy atom. The molecule has 0 fully saturated rings. The van der Waals surface area contributed by atoms with Gasteiger partial charge in [0.25, 0.3) is 5.56 Å². The van der Waals surface area contributed by atoms with Gasteiger partial charge in [-0.2, -0.15) is 15.8 Å². The van der Waals surface area contributed by atoms with E-state index in [0.29, 0.717) is 16.3 Å². The fourth-order valence-electron chi connectivity index (χ4n) is 4.25. The molecule has 0 aliphatic rings. The fourth-order valence-corrected chi connectivity index (χ4v) is 5.31. The summed E-state index contributed by atoms with van der Waals surface area (Å²) >= 11 is 1.23. The van der Waals surface area contributed by atoms with E-state index in [-0.39, 0.29) is 12.1 Å². The quantitative estimate of drug-likeness (QED) is 0.204. The van der Waals surface area contributed by atoms with Gasteiger partial charge in [-0.3, -0.25) is 14.6 Å². The first-order valence-electron chi connectivity index (χ1n) is 11.3. The Kier molecular flexibility index (Phi) is 6.80. The molecule has 5 aromatic rings. The number of fused-ring (bicyclic) bond motifs is 1. The zero-order chi connectivity index (χ0) is 26.9. The van der Waals surface area contributed by atoms with Crippen molar-refractivity contribution in [1.29, 1.82) is 0 Å². The fraction of sp³-hybridized carbons (Fsp3) is 0.160. The maximum Gasteiger partial charge on any atom is 0.271 e. The molecule has 2 aromatic carbocycles. The van der Waals surface area contributed by atoms with E-state index in [2.05, 4.69) is 20.2 Å². The third-order valence-electron chi connectivity index (χ3n) is 6.30. The number of benzene rings is 2. The minimum atomic E-state index is -2.01. The van der Waals surface area contributed by atoms with Crippen LogP contribution in [0.2, 0.25) is 0 Å². The number of hydrogen-bond donors (Lipinski definition) is 3. The van der Waals surface area contributed by atoms with Gasteiger partial charge >= 0.3 is 0 Å². The first-order valence-corrected chi connectivity index (χ1v) is 12.2. The summed E-state index contributed by atoms with van der Waals surface area (Å²) in [5, 5.41) is 28.0. The minimum Gasteiger partial charge on any atom is -0.381 e. The van der Waals surface area contributed by atoms with Gasteiger partial charge in [-0.1, -0.05) is 30.3 Å². The highest BCUT2D eigenvalue weighted by Gasteiger charge is 2.41. The second-order valence-electron chi connectivity index (χ2n) is 8.58. The Morgan fingerprint density at radius 2 is 1.97 bits per heavy atom. The summed E-state index contributed by atoms with van der Waals surface area (Å²) < 4.78 is 31.5. The smallest absolute Gasteiger partial charge is 0.271 e. The van der Waals surface area contributed by atoms with Gasteiger partial charge in [0.05, 0.1) is 30.6 Å². The zero-order valence-corrected chi connectivity index (χ0v) is 20.7. The molecule has 0 aliphatic carbocycles. The standard InChI is InChI=1S/C25H21F2N7O3S/c1-15(25(36,11-33-13-28-12-31-33)19-7-6-18(26)8-20(19)27)34-14-29-21-9-22(38-23(21)24(34)35)17-4-2-16(3-5-17)10-30-32-37/h2-10,12-15,32,36-37H,11H2,1H3. The maximum absolute atomic E-state index is 14.9. The van der Waals surface area contributed by atoms with Gasteiger partial charge in [-0.15, -0.1) is 11.3 Å². The van der Waals surface area contributed by atoms with E-state index in [4.69, 9.17) is 5.21 Å². The van der Waals surface area contributed by atoms with Gasteiger partial charge in [0.2, 0.25) is 0 Å². The van der Waals surface area contributed by atoms with Crippen molar-refractivity contribution in [3.8, 4) is 10.4 Å². The van der Waals surface area contributed by atoms with E-state index in [0.717, 1.165) is 28.1 Å². The van der Waals surface area contributed by atoms with Gasteiger partial charge in [0.15, 0.2) is 0 Å². The van der Waals surface area contributed by atoms with E-state index in [9.17, 15) is 18.7 Å². The molecule has 3 aromatic heterocycles. The van der Waals surface area contributed by atoms with Crippen molar-refractivity contribution in [2.75, 3.05) is 0 Å². The molecule has 2 atom stereocenters. The van der Waals surface area contributed by atoms with Crippen LogP contribution in [0.1, 0.15) is 24.1 Å². The summed E-state index contributed by atoms with van der Waals surface area (Å²) in [7, 11) is 0. The van der Waals surface area contributed by atoms with Gasteiger partial charge < -0.3 is 5.11 Å². The number of hydrogen-bond acceptors (Lipinski definition) is 9. The van der Waals surface area contributed by atoms with Crippen molar-refractivity contribution >= 4 is 27.8 Å². The molecule has 2 unspecified atom stereocenters. The number of aliphatic hydroxyl groups is 1. The molecule has 0 aliphatic heterocycles. The Labute approximate surface area is 218 Å². The molecule has 3 N–H and O–H groups in total. The summed E-state index contributed by atoms with van der Waals surface area (Å²) in [4.78, 5) is 22.7. The van der Waals surface area contributed by atoms with Gasteiger partial charge in [0, 0.05) is 16.5 Å². The average Bonchev–Trinajstić information content (AvgIpc) is 3.58. The molecule has 0 saturated carbocycles. The topological polar surface area (TPSA) is 130 Å². The van der Waals surface area contributed by atoms with E-state index < -0.39 is 28.8 Å². The van der Waals surface area contributed by atoms with E-state index in [1.54, 1.807) is 30.7 Å². The molecule has 0 amide bonds. The Morgan fingerprint density at radius 3 is 2.66 bits per heavy atom. The van der Waals surface area contributed by atoms with E-state index in [1.807, 2.05) is 12.1 Å². The van der Waals surface area contributed by atoms with E-state index in [1.165, 1.54) is 45.8 Å². The number of thiophene rings is 1. The molecule has 3 heterocycles. The molecular formula is C25H21F2N7O3S. The van der Waals surface area contributed by atoms with Crippen molar-refractivity contribution in [3.05, 3.63) is 101 Å². The molecule has 0 bridgehead atoms. The molecule has 13 heteroatoms. The van der Waals surface area contributed by atoms with Crippen LogP contribution in [0.25, 0.3) is 20.7 Å². The lowest BCUT2D eigenvalue weighted by molar-refractivity contribution is -0.0343. The number of rotatable bonds is 8. The second kappa shape index (κ2) is 10.2.